The predicted molar refractivity (Wildman–Crippen MR) is 87.0 cm³/mol. The van der Waals surface area contributed by atoms with Gasteiger partial charge in [0, 0.05) is 32.7 Å². The lowest BCUT2D eigenvalue weighted by Gasteiger charge is -2.36. The smallest absolute Gasteiger partial charge is 0.146 e. The van der Waals surface area contributed by atoms with Gasteiger partial charge in [-0.05, 0) is 24.3 Å². The van der Waals surface area contributed by atoms with Crippen molar-refractivity contribution in [1.82, 2.24) is 4.90 Å². The molecule has 3 nitrogen and oxygen atoms in total. The lowest BCUT2D eigenvalue weighted by Crippen LogP contribution is -2.47. The van der Waals surface area contributed by atoms with Gasteiger partial charge in [-0.1, -0.05) is 30.3 Å². The van der Waals surface area contributed by atoms with Gasteiger partial charge >= 0.3 is 0 Å². The molecule has 0 N–H and O–H groups in total. The molecule has 116 valence electrons. The summed E-state index contributed by atoms with van der Waals surface area (Å²) in [7, 11) is 0. The number of nitrogens with zero attached hydrogens (tertiary/aromatic N) is 2. The molecule has 0 amide bonds. The average Bonchev–Trinajstić information content (AvgIpc) is 2.57. The molecule has 0 bridgehead atoms. The van der Waals surface area contributed by atoms with Gasteiger partial charge in [-0.2, -0.15) is 0 Å². The van der Waals surface area contributed by atoms with Crippen LogP contribution in [0.5, 0.6) is 5.75 Å². The minimum atomic E-state index is -0.136. The standard InChI is InChI=1S/C18H21FN2O/c19-17-8-4-5-9-18(17)21-12-10-20(11-13-21)14-15-22-16-6-2-1-3-7-16/h1-9H,10-15H2. The van der Waals surface area contributed by atoms with Crippen LogP contribution in [0.4, 0.5) is 10.1 Å². The van der Waals surface area contributed by atoms with E-state index in [1.807, 2.05) is 42.5 Å². The highest BCUT2D eigenvalue weighted by molar-refractivity contribution is 5.47. The average molecular weight is 300 g/mol. The molecule has 3 rings (SSSR count). The summed E-state index contributed by atoms with van der Waals surface area (Å²) in [5.41, 5.74) is 0.711. The summed E-state index contributed by atoms with van der Waals surface area (Å²) in [6.07, 6.45) is 0. The SMILES string of the molecule is Fc1ccccc1N1CCN(CCOc2ccccc2)CC1. The van der Waals surface area contributed by atoms with E-state index < -0.39 is 0 Å². The summed E-state index contributed by atoms with van der Waals surface area (Å²) in [5.74, 6) is 0.774. The summed E-state index contributed by atoms with van der Waals surface area (Å²) in [5, 5.41) is 0. The van der Waals surface area contributed by atoms with Crippen molar-refractivity contribution in [2.24, 2.45) is 0 Å². The Bertz CT molecular complexity index is 583. The van der Waals surface area contributed by atoms with Crippen LogP contribution in [0, 0.1) is 5.82 Å². The molecule has 0 radical (unpaired) electrons. The van der Waals surface area contributed by atoms with Gasteiger partial charge in [-0.25, -0.2) is 4.39 Å². The third-order valence-corrected chi connectivity index (χ3v) is 3.98. The first-order chi connectivity index (χ1) is 10.8. The molecule has 1 aliphatic heterocycles. The molecule has 0 saturated carbocycles. The predicted octanol–water partition coefficient (Wildman–Crippen LogP) is 3.03. The molecule has 0 aliphatic carbocycles. The number of para-hydroxylation sites is 2. The van der Waals surface area contributed by atoms with Crippen molar-refractivity contribution in [1.29, 1.82) is 0 Å². The van der Waals surface area contributed by atoms with Gasteiger partial charge in [-0.15, -0.1) is 0 Å². The first kappa shape index (κ1) is 14.9. The molecule has 22 heavy (non-hydrogen) atoms. The molecule has 4 heteroatoms. The van der Waals surface area contributed by atoms with Crippen molar-refractivity contribution in [3.05, 3.63) is 60.4 Å². The van der Waals surface area contributed by atoms with Crippen LogP contribution in [-0.2, 0) is 0 Å². The topological polar surface area (TPSA) is 15.7 Å². The molecule has 2 aromatic carbocycles. The van der Waals surface area contributed by atoms with Crippen molar-refractivity contribution in [3.63, 3.8) is 0 Å². The van der Waals surface area contributed by atoms with Gasteiger partial charge in [-0.3, -0.25) is 4.90 Å². The highest BCUT2D eigenvalue weighted by Gasteiger charge is 2.18. The highest BCUT2D eigenvalue weighted by atomic mass is 19.1. The molecule has 0 unspecified atom stereocenters. The maximum atomic E-state index is 13.8. The largest absolute Gasteiger partial charge is 0.492 e. The van der Waals surface area contributed by atoms with E-state index in [0.717, 1.165) is 38.5 Å². The van der Waals surface area contributed by atoms with Gasteiger partial charge in [0.1, 0.15) is 18.2 Å². The molecular weight excluding hydrogens is 279 g/mol. The Labute approximate surface area is 130 Å². The minimum Gasteiger partial charge on any atom is -0.492 e. The minimum absolute atomic E-state index is 0.136. The van der Waals surface area contributed by atoms with E-state index in [0.29, 0.717) is 12.3 Å². The van der Waals surface area contributed by atoms with Crippen molar-refractivity contribution in [3.8, 4) is 5.75 Å². The fraction of sp³-hybridized carbons (Fsp3) is 0.333. The molecule has 0 spiro atoms. The molecular formula is C18H21FN2O. The van der Waals surface area contributed by atoms with Crippen molar-refractivity contribution in [2.45, 2.75) is 0 Å². The zero-order valence-corrected chi connectivity index (χ0v) is 12.6. The number of rotatable bonds is 5. The van der Waals surface area contributed by atoms with Gasteiger partial charge < -0.3 is 9.64 Å². The Morgan fingerprint density at radius 3 is 2.27 bits per heavy atom. The normalized spacial score (nSPS) is 15.8. The molecule has 1 fully saturated rings. The van der Waals surface area contributed by atoms with E-state index in [-0.39, 0.29) is 5.82 Å². The molecule has 1 saturated heterocycles. The zero-order valence-electron chi connectivity index (χ0n) is 12.6. The number of piperazine rings is 1. The van der Waals surface area contributed by atoms with Crippen molar-refractivity contribution < 1.29 is 9.13 Å². The maximum Gasteiger partial charge on any atom is 0.146 e. The Morgan fingerprint density at radius 1 is 0.864 bits per heavy atom. The fourth-order valence-electron chi connectivity index (χ4n) is 2.73. The second-order valence-electron chi connectivity index (χ2n) is 5.44. The second kappa shape index (κ2) is 7.27. The van der Waals surface area contributed by atoms with Gasteiger partial charge in [0.15, 0.2) is 0 Å². The lowest BCUT2D eigenvalue weighted by molar-refractivity contribution is 0.200. The third kappa shape index (κ3) is 3.77. The van der Waals surface area contributed by atoms with Gasteiger partial charge in [0.05, 0.1) is 5.69 Å². The maximum absolute atomic E-state index is 13.8. The lowest BCUT2D eigenvalue weighted by atomic mass is 10.2. The number of benzene rings is 2. The quantitative estimate of drug-likeness (QED) is 0.844. The molecule has 0 aromatic heterocycles. The molecule has 1 heterocycles. The van der Waals surface area contributed by atoms with Crippen LogP contribution in [0.2, 0.25) is 0 Å². The van der Waals surface area contributed by atoms with E-state index in [1.165, 1.54) is 6.07 Å². The Hall–Kier alpha value is -2.07. The van der Waals surface area contributed by atoms with Crippen molar-refractivity contribution >= 4 is 5.69 Å². The van der Waals surface area contributed by atoms with Gasteiger partial charge in [0.25, 0.3) is 0 Å². The van der Waals surface area contributed by atoms with E-state index in [4.69, 9.17) is 4.74 Å². The van der Waals surface area contributed by atoms with Crippen LogP contribution in [0.25, 0.3) is 0 Å². The Morgan fingerprint density at radius 2 is 1.55 bits per heavy atom. The number of ether oxygens (including phenoxy) is 1. The van der Waals surface area contributed by atoms with E-state index in [9.17, 15) is 4.39 Å². The monoisotopic (exact) mass is 300 g/mol. The Kier molecular flexibility index (Phi) is 4.91. The Balaban J connectivity index is 1.43. The number of halogens is 1. The van der Waals surface area contributed by atoms with Crippen LogP contribution in [0.1, 0.15) is 0 Å². The molecule has 1 aliphatic rings. The van der Waals surface area contributed by atoms with Crippen LogP contribution < -0.4 is 9.64 Å². The van der Waals surface area contributed by atoms with E-state index in [2.05, 4.69) is 9.80 Å². The molecule has 0 atom stereocenters. The number of hydrogen-bond donors (Lipinski definition) is 0. The first-order valence-electron chi connectivity index (χ1n) is 7.72. The molecule has 2 aromatic rings. The summed E-state index contributed by atoms with van der Waals surface area (Å²) < 4.78 is 19.5. The van der Waals surface area contributed by atoms with Crippen LogP contribution in [0.15, 0.2) is 54.6 Å². The number of anilines is 1. The van der Waals surface area contributed by atoms with Gasteiger partial charge in [0.2, 0.25) is 0 Å². The van der Waals surface area contributed by atoms with E-state index in [1.54, 1.807) is 6.07 Å². The summed E-state index contributed by atoms with van der Waals surface area (Å²) in [4.78, 5) is 4.48. The number of hydrogen-bond acceptors (Lipinski definition) is 3. The highest BCUT2D eigenvalue weighted by Crippen LogP contribution is 2.20. The summed E-state index contributed by atoms with van der Waals surface area (Å²) in [6.45, 7) is 5.17. The zero-order chi connectivity index (χ0) is 15.2. The summed E-state index contributed by atoms with van der Waals surface area (Å²) >= 11 is 0. The van der Waals surface area contributed by atoms with Crippen molar-refractivity contribution in [2.75, 3.05) is 44.2 Å². The second-order valence-corrected chi connectivity index (χ2v) is 5.44. The summed E-state index contributed by atoms with van der Waals surface area (Å²) in [6, 6.07) is 16.9. The van der Waals surface area contributed by atoms with Crippen LogP contribution in [-0.4, -0.2) is 44.2 Å². The van der Waals surface area contributed by atoms with Crippen LogP contribution in [0.3, 0.4) is 0 Å². The van der Waals surface area contributed by atoms with E-state index >= 15 is 0 Å². The first-order valence-corrected chi connectivity index (χ1v) is 7.72. The fourth-order valence-corrected chi connectivity index (χ4v) is 2.73. The van der Waals surface area contributed by atoms with Crippen LogP contribution >= 0.6 is 0 Å². The third-order valence-electron chi connectivity index (χ3n) is 3.98.